The number of amides is 1. The Morgan fingerprint density at radius 1 is 1.37 bits per heavy atom. The van der Waals surface area contributed by atoms with Gasteiger partial charge >= 0.3 is 0 Å². The normalized spacial score (nSPS) is 10.5. The number of pyridine rings is 1. The minimum absolute atomic E-state index is 0.0220. The van der Waals surface area contributed by atoms with Gasteiger partial charge in [-0.05, 0) is 6.07 Å². The third kappa shape index (κ3) is 4.74. The van der Waals surface area contributed by atoms with Crippen molar-refractivity contribution in [2.24, 2.45) is 0 Å². The largest absolute Gasteiger partial charge is 0.383 e. The molecule has 0 radical (unpaired) electrons. The minimum atomic E-state index is -0.605. The molecule has 0 aliphatic carbocycles. The fourth-order valence-electron chi connectivity index (χ4n) is 1.46. The van der Waals surface area contributed by atoms with Gasteiger partial charge in [0.2, 0.25) is 0 Å². The molecule has 1 aromatic heterocycles. The van der Waals surface area contributed by atoms with Gasteiger partial charge in [-0.25, -0.2) is 9.37 Å². The summed E-state index contributed by atoms with van der Waals surface area (Å²) in [5, 5.41) is -0.0220. The molecular weight excluding hydrogens is 275 g/mol. The molecular formula is C12H16ClFN2O3. The molecule has 0 bridgehead atoms. The number of carbonyl (C=O) groups is 1. The maximum absolute atomic E-state index is 13.1. The summed E-state index contributed by atoms with van der Waals surface area (Å²) >= 11 is 5.82. The van der Waals surface area contributed by atoms with Gasteiger partial charge in [0.05, 0.1) is 25.0 Å². The first kappa shape index (κ1) is 15.8. The number of aromatic nitrogens is 1. The van der Waals surface area contributed by atoms with Crippen molar-refractivity contribution < 1.29 is 18.7 Å². The number of hydrogen-bond donors (Lipinski definition) is 0. The van der Waals surface area contributed by atoms with Crippen molar-refractivity contribution in [1.29, 1.82) is 0 Å². The van der Waals surface area contributed by atoms with E-state index in [0.29, 0.717) is 26.3 Å². The molecule has 0 saturated heterocycles. The number of halogens is 2. The monoisotopic (exact) mass is 290 g/mol. The average Bonchev–Trinajstić information content (AvgIpc) is 2.41. The lowest BCUT2D eigenvalue weighted by Crippen LogP contribution is -2.36. The molecule has 0 spiro atoms. The van der Waals surface area contributed by atoms with E-state index < -0.39 is 11.7 Å². The first-order valence-corrected chi connectivity index (χ1v) is 6.06. The second-order valence-corrected chi connectivity index (χ2v) is 4.13. The Kier molecular flexibility index (Phi) is 6.69. The Balaban J connectivity index is 2.87. The van der Waals surface area contributed by atoms with Crippen LogP contribution in [0.25, 0.3) is 0 Å². The summed E-state index contributed by atoms with van der Waals surface area (Å²) in [6.07, 6.45) is 0.966. The van der Waals surface area contributed by atoms with Gasteiger partial charge in [0.1, 0.15) is 11.0 Å². The van der Waals surface area contributed by atoms with Crippen LogP contribution in [-0.4, -0.2) is 56.3 Å². The van der Waals surface area contributed by atoms with Crippen molar-refractivity contribution in [3.05, 3.63) is 28.8 Å². The van der Waals surface area contributed by atoms with Crippen molar-refractivity contribution in [3.8, 4) is 0 Å². The molecule has 0 aromatic carbocycles. The summed E-state index contributed by atoms with van der Waals surface area (Å²) in [5.74, 6) is -1.00. The van der Waals surface area contributed by atoms with E-state index in [1.165, 1.54) is 19.1 Å². The molecule has 1 heterocycles. The molecule has 0 aliphatic heterocycles. The van der Waals surface area contributed by atoms with Crippen LogP contribution in [0.3, 0.4) is 0 Å². The number of rotatable bonds is 7. The quantitative estimate of drug-likeness (QED) is 0.716. The average molecular weight is 291 g/mol. The zero-order chi connectivity index (χ0) is 14.3. The van der Waals surface area contributed by atoms with E-state index in [0.717, 1.165) is 12.3 Å². The highest BCUT2D eigenvalue weighted by Crippen LogP contribution is 2.16. The molecule has 1 aromatic rings. The number of nitrogens with zero attached hydrogens (tertiary/aromatic N) is 2. The first-order valence-electron chi connectivity index (χ1n) is 5.68. The summed E-state index contributed by atoms with van der Waals surface area (Å²) in [4.78, 5) is 17.4. The van der Waals surface area contributed by atoms with Gasteiger partial charge in [-0.2, -0.15) is 0 Å². The standard InChI is InChI=1S/C12H16ClFN2O3/c1-18-5-3-16(4-6-19-2)12(17)10-7-9(14)8-15-11(10)13/h7-8H,3-6H2,1-2H3. The Morgan fingerprint density at radius 2 is 1.95 bits per heavy atom. The fourth-order valence-corrected chi connectivity index (χ4v) is 1.64. The van der Waals surface area contributed by atoms with E-state index in [4.69, 9.17) is 21.1 Å². The smallest absolute Gasteiger partial charge is 0.257 e. The van der Waals surface area contributed by atoms with E-state index in [-0.39, 0.29) is 10.7 Å². The van der Waals surface area contributed by atoms with Gasteiger partial charge < -0.3 is 14.4 Å². The van der Waals surface area contributed by atoms with Crippen molar-refractivity contribution in [2.75, 3.05) is 40.5 Å². The second-order valence-electron chi connectivity index (χ2n) is 3.77. The van der Waals surface area contributed by atoms with Crippen LogP contribution in [0, 0.1) is 5.82 Å². The van der Waals surface area contributed by atoms with Gasteiger partial charge in [0.25, 0.3) is 5.91 Å². The van der Waals surface area contributed by atoms with Crippen molar-refractivity contribution >= 4 is 17.5 Å². The summed E-state index contributed by atoms with van der Waals surface area (Å²) in [6.45, 7) is 1.47. The molecule has 1 amide bonds. The third-order valence-corrected chi connectivity index (χ3v) is 2.76. The van der Waals surface area contributed by atoms with E-state index >= 15 is 0 Å². The molecule has 0 unspecified atom stereocenters. The number of hydrogen-bond acceptors (Lipinski definition) is 4. The maximum atomic E-state index is 13.1. The molecule has 0 aliphatic rings. The SMILES string of the molecule is COCCN(CCOC)C(=O)c1cc(F)cnc1Cl. The highest BCUT2D eigenvalue weighted by Gasteiger charge is 2.19. The molecule has 7 heteroatoms. The predicted octanol–water partition coefficient (Wildman–Crippen LogP) is 1.61. The van der Waals surface area contributed by atoms with Crippen LogP contribution in [0.1, 0.15) is 10.4 Å². The van der Waals surface area contributed by atoms with Crippen molar-refractivity contribution in [3.63, 3.8) is 0 Å². The van der Waals surface area contributed by atoms with Crippen molar-refractivity contribution in [2.45, 2.75) is 0 Å². The van der Waals surface area contributed by atoms with Crippen LogP contribution < -0.4 is 0 Å². The zero-order valence-corrected chi connectivity index (χ0v) is 11.6. The van der Waals surface area contributed by atoms with Crippen LogP contribution in [0.5, 0.6) is 0 Å². The zero-order valence-electron chi connectivity index (χ0n) is 10.9. The lowest BCUT2D eigenvalue weighted by molar-refractivity contribution is 0.0626. The first-order chi connectivity index (χ1) is 9.10. The van der Waals surface area contributed by atoms with Crippen LogP contribution in [0.15, 0.2) is 12.3 Å². The fraction of sp³-hybridized carbons (Fsp3) is 0.500. The number of methoxy groups -OCH3 is 2. The summed E-state index contributed by atoms with van der Waals surface area (Å²) in [5.41, 5.74) is 0.0360. The van der Waals surface area contributed by atoms with Gasteiger partial charge in [0.15, 0.2) is 0 Å². The molecule has 19 heavy (non-hydrogen) atoms. The van der Waals surface area contributed by atoms with Crippen LogP contribution in [-0.2, 0) is 9.47 Å². The van der Waals surface area contributed by atoms with E-state index in [1.807, 2.05) is 0 Å². The molecule has 0 N–H and O–H groups in total. The van der Waals surface area contributed by atoms with Crippen molar-refractivity contribution in [1.82, 2.24) is 9.88 Å². The molecule has 0 fully saturated rings. The predicted molar refractivity (Wildman–Crippen MR) is 68.9 cm³/mol. The number of carbonyl (C=O) groups excluding carboxylic acids is 1. The minimum Gasteiger partial charge on any atom is -0.383 e. The molecule has 0 atom stereocenters. The molecule has 106 valence electrons. The lowest BCUT2D eigenvalue weighted by atomic mass is 10.2. The van der Waals surface area contributed by atoms with E-state index in [9.17, 15) is 9.18 Å². The van der Waals surface area contributed by atoms with Crippen LogP contribution >= 0.6 is 11.6 Å². The summed E-state index contributed by atoms with van der Waals surface area (Å²) in [7, 11) is 3.07. The Labute approximate surface area is 116 Å². The number of ether oxygens (including phenoxy) is 2. The van der Waals surface area contributed by atoms with Gasteiger partial charge in [0, 0.05) is 27.3 Å². The van der Waals surface area contributed by atoms with E-state index in [2.05, 4.69) is 4.98 Å². The van der Waals surface area contributed by atoms with Crippen LogP contribution in [0.4, 0.5) is 4.39 Å². The topological polar surface area (TPSA) is 51.7 Å². The Hall–Kier alpha value is -1.24. The maximum Gasteiger partial charge on any atom is 0.257 e. The van der Waals surface area contributed by atoms with Gasteiger partial charge in [-0.1, -0.05) is 11.6 Å². The third-order valence-electron chi connectivity index (χ3n) is 2.45. The molecule has 5 nitrogen and oxygen atoms in total. The highest BCUT2D eigenvalue weighted by atomic mass is 35.5. The van der Waals surface area contributed by atoms with Gasteiger partial charge in [-0.3, -0.25) is 4.79 Å². The van der Waals surface area contributed by atoms with Gasteiger partial charge in [-0.15, -0.1) is 0 Å². The lowest BCUT2D eigenvalue weighted by Gasteiger charge is -2.22. The Morgan fingerprint density at radius 3 is 2.47 bits per heavy atom. The Bertz CT molecular complexity index is 423. The molecule has 1 rings (SSSR count). The summed E-state index contributed by atoms with van der Waals surface area (Å²) in [6, 6.07) is 1.07. The molecule has 0 saturated carbocycles. The summed E-state index contributed by atoms with van der Waals surface area (Å²) < 4.78 is 23.0. The highest BCUT2D eigenvalue weighted by molar-refractivity contribution is 6.32. The second kappa shape index (κ2) is 8.04. The van der Waals surface area contributed by atoms with E-state index in [1.54, 1.807) is 0 Å². The van der Waals surface area contributed by atoms with Crippen LogP contribution in [0.2, 0.25) is 5.15 Å².